The molecule has 2 aliphatic rings. The second kappa shape index (κ2) is 6.40. The summed E-state index contributed by atoms with van der Waals surface area (Å²) in [5.41, 5.74) is 2.02. The first-order valence-electron chi connectivity index (χ1n) is 7.83. The van der Waals surface area contributed by atoms with Gasteiger partial charge < -0.3 is 10.1 Å². The van der Waals surface area contributed by atoms with Crippen LogP contribution in [0.4, 0.5) is 0 Å². The van der Waals surface area contributed by atoms with Crippen molar-refractivity contribution < 1.29 is 9.53 Å². The Balaban J connectivity index is 1.84. The second-order valence-corrected chi connectivity index (χ2v) is 5.98. The number of rotatable bonds is 4. The average Bonchev–Trinajstić information content (AvgIpc) is 3.01. The molecule has 3 heteroatoms. The zero-order valence-electron chi connectivity index (χ0n) is 11.9. The molecule has 0 radical (unpaired) electrons. The van der Waals surface area contributed by atoms with E-state index in [0.717, 1.165) is 37.1 Å². The lowest BCUT2D eigenvalue weighted by Gasteiger charge is -2.25. The Morgan fingerprint density at radius 3 is 2.70 bits per heavy atom. The van der Waals surface area contributed by atoms with Crippen molar-refractivity contribution in [2.24, 2.45) is 0 Å². The minimum absolute atomic E-state index is 0.277. The molecule has 2 fully saturated rings. The van der Waals surface area contributed by atoms with Crippen molar-refractivity contribution in [1.82, 2.24) is 5.32 Å². The van der Waals surface area contributed by atoms with E-state index in [1.165, 1.54) is 37.7 Å². The van der Waals surface area contributed by atoms with Crippen molar-refractivity contribution in [3.8, 4) is 5.75 Å². The molecule has 20 heavy (non-hydrogen) atoms. The van der Waals surface area contributed by atoms with Gasteiger partial charge in [-0.15, -0.1) is 0 Å². The fraction of sp³-hybridized carbons (Fsp3) is 0.588. The number of nitrogens with one attached hydrogen (secondary N) is 1. The summed E-state index contributed by atoms with van der Waals surface area (Å²) in [5, 5.41) is 3.33. The van der Waals surface area contributed by atoms with Crippen LogP contribution in [0.25, 0.3) is 0 Å². The minimum Gasteiger partial charge on any atom is -0.489 e. The van der Waals surface area contributed by atoms with Crippen LogP contribution in [0.15, 0.2) is 18.2 Å². The molecule has 1 aliphatic heterocycles. The van der Waals surface area contributed by atoms with Crippen molar-refractivity contribution in [1.29, 1.82) is 0 Å². The van der Waals surface area contributed by atoms with Gasteiger partial charge in [0.05, 0.1) is 0 Å². The Morgan fingerprint density at radius 2 is 2.00 bits per heavy atom. The van der Waals surface area contributed by atoms with Gasteiger partial charge >= 0.3 is 0 Å². The van der Waals surface area contributed by atoms with E-state index in [9.17, 15) is 4.79 Å². The van der Waals surface area contributed by atoms with Gasteiger partial charge in [-0.3, -0.25) is 4.79 Å². The van der Waals surface area contributed by atoms with Crippen LogP contribution < -0.4 is 10.1 Å². The molecule has 1 N–H and O–H groups in total. The SMILES string of the molecule is O=Cc1ccc(OC2CCNC2)c(C2CCCCC2)c1. The third-order valence-corrected chi connectivity index (χ3v) is 4.52. The first-order chi connectivity index (χ1) is 9.86. The van der Waals surface area contributed by atoms with Crippen LogP contribution in [-0.2, 0) is 0 Å². The van der Waals surface area contributed by atoms with E-state index in [1.807, 2.05) is 18.2 Å². The summed E-state index contributed by atoms with van der Waals surface area (Å²) in [5.74, 6) is 1.56. The van der Waals surface area contributed by atoms with Gasteiger partial charge in [-0.05, 0) is 55.5 Å². The highest BCUT2D eigenvalue weighted by Crippen LogP contribution is 2.38. The van der Waals surface area contributed by atoms with E-state index in [0.29, 0.717) is 5.92 Å². The Kier molecular flexibility index (Phi) is 4.36. The molecule has 1 unspecified atom stereocenters. The molecule has 1 aromatic rings. The summed E-state index contributed by atoms with van der Waals surface area (Å²) in [4.78, 5) is 11.0. The van der Waals surface area contributed by atoms with Crippen LogP contribution in [-0.4, -0.2) is 25.5 Å². The third kappa shape index (κ3) is 3.04. The highest BCUT2D eigenvalue weighted by molar-refractivity contribution is 5.75. The van der Waals surface area contributed by atoms with Crippen LogP contribution in [0, 0.1) is 0 Å². The maximum atomic E-state index is 11.0. The van der Waals surface area contributed by atoms with Crippen molar-refractivity contribution in [3.63, 3.8) is 0 Å². The van der Waals surface area contributed by atoms with E-state index < -0.39 is 0 Å². The van der Waals surface area contributed by atoms with Crippen LogP contribution in [0.2, 0.25) is 0 Å². The molecular formula is C17H23NO2. The molecule has 1 atom stereocenters. The van der Waals surface area contributed by atoms with Gasteiger partial charge in [-0.1, -0.05) is 19.3 Å². The van der Waals surface area contributed by atoms with E-state index in [2.05, 4.69) is 5.32 Å². The normalized spacial score (nSPS) is 23.7. The van der Waals surface area contributed by atoms with Gasteiger partial charge in [0.1, 0.15) is 18.1 Å². The average molecular weight is 273 g/mol. The van der Waals surface area contributed by atoms with Crippen LogP contribution in [0.3, 0.4) is 0 Å². The number of aldehydes is 1. The van der Waals surface area contributed by atoms with Gasteiger partial charge in [-0.2, -0.15) is 0 Å². The van der Waals surface area contributed by atoms with Crippen molar-refractivity contribution in [2.75, 3.05) is 13.1 Å². The Morgan fingerprint density at radius 1 is 1.15 bits per heavy atom. The Bertz CT molecular complexity index is 460. The maximum absolute atomic E-state index is 11.0. The molecule has 0 bridgehead atoms. The Labute approximate surface area is 120 Å². The van der Waals surface area contributed by atoms with E-state index in [1.54, 1.807) is 0 Å². The lowest BCUT2D eigenvalue weighted by Crippen LogP contribution is -2.21. The zero-order valence-corrected chi connectivity index (χ0v) is 11.9. The standard InChI is InChI=1S/C17H23NO2/c19-12-13-6-7-17(20-15-8-9-18-11-15)16(10-13)14-4-2-1-3-5-14/h6-7,10,12,14-15,18H,1-5,8-9,11H2. The summed E-state index contributed by atoms with van der Waals surface area (Å²) in [6, 6.07) is 5.91. The highest BCUT2D eigenvalue weighted by atomic mass is 16.5. The summed E-state index contributed by atoms with van der Waals surface area (Å²) in [6.07, 6.45) is 8.66. The van der Waals surface area contributed by atoms with E-state index in [-0.39, 0.29) is 6.10 Å². The topological polar surface area (TPSA) is 38.3 Å². The molecule has 3 rings (SSSR count). The smallest absolute Gasteiger partial charge is 0.150 e. The molecule has 0 aromatic heterocycles. The number of ether oxygens (including phenoxy) is 1. The fourth-order valence-corrected chi connectivity index (χ4v) is 3.39. The molecule has 1 saturated carbocycles. The van der Waals surface area contributed by atoms with Gasteiger partial charge in [-0.25, -0.2) is 0 Å². The van der Waals surface area contributed by atoms with Gasteiger partial charge in [0.15, 0.2) is 0 Å². The third-order valence-electron chi connectivity index (χ3n) is 4.52. The first-order valence-corrected chi connectivity index (χ1v) is 7.83. The first kappa shape index (κ1) is 13.6. The molecule has 3 nitrogen and oxygen atoms in total. The van der Waals surface area contributed by atoms with E-state index >= 15 is 0 Å². The molecule has 1 aliphatic carbocycles. The summed E-state index contributed by atoms with van der Waals surface area (Å²) in [7, 11) is 0. The summed E-state index contributed by atoms with van der Waals surface area (Å²) < 4.78 is 6.18. The molecule has 0 spiro atoms. The minimum atomic E-state index is 0.277. The molecule has 0 amide bonds. The molecule has 108 valence electrons. The molecular weight excluding hydrogens is 250 g/mol. The number of hydrogen-bond acceptors (Lipinski definition) is 3. The molecule has 1 aromatic carbocycles. The quantitative estimate of drug-likeness (QED) is 0.856. The predicted octanol–water partition coefficient (Wildman–Crippen LogP) is 3.29. The second-order valence-electron chi connectivity index (χ2n) is 5.98. The number of carbonyl (C=O) groups is 1. The predicted molar refractivity (Wildman–Crippen MR) is 79.6 cm³/mol. The summed E-state index contributed by atoms with van der Waals surface area (Å²) >= 11 is 0. The largest absolute Gasteiger partial charge is 0.489 e. The lowest BCUT2D eigenvalue weighted by atomic mass is 9.83. The van der Waals surface area contributed by atoms with Gasteiger partial charge in [0.25, 0.3) is 0 Å². The van der Waals surface area contributed by atoms with Crippen LogP contribution in [0.1, 0.15) is 60.4 Å². The number of benzene rings is 1. The maximum Gasteiger partial charge on any atom is 0.150 e. The summed E-state index contributed by atoms with van der Waals surface area (Å²) in [6.45, 7) is 1.97. The van der Waals surface area contributed by atoms with Crippen LogP contribution in [0.5, 0.6) is 5.75 Å². The molecule has 1 heterocycles. The van der Waals surface area contributed by atoms with Gasteiger partial charge in [0.2, 0.25) is 0 Å². The van der Waals surface area contributed by atoms with Crippen molar-refractivity contribution in [2.45, 2.75) is 50.5 Å². The van der Waals surface area contributed by atoms with Crippen molar-refractivity contribution in [3.05, 3.63) is 29.3 Å². The highest BCUT2D eigenvalue weighted by Gasteiger charge is 2.22. The number of carbonyl (C=O) groups excluding carboxylic acids is 1. The molecule has 1 saturated heterocycles. The Hall–Kier alpha value is -1.35. The zero-order chi connectivity index (χ0) is 13.8. The monoisotopic (exact) mass is 273 g/mol. The van der Waals surface area contributed by atoms with Crippen molar-refractivity contribution >= 4 is 6.29 Å². The van der Waals surface area contributed by atoms with Gasteiger partial charge in [0, 0.05) is 12.1 Å². The fourth-order valence-electron chi connectivity index (χ4n) is 3.39. The lowest BCUT2D eigenvalue weighted by molar-refractivity contribution is 0.112. The van der Waals surface area contributed by atoms with Crippen LogP contribution >= 0.6 is 0 Å². The van der Waals surface area contributed by atoms with E-state index in [4.69, 9.17) is 4.74 Å². The number of hydrogen-bond donors (Lipinski definition) is 1.